The zero-order valence-corrected chi connectivity index (χ0v) is 10.00. The van der Waals surface area contributed by atoms with Gasteiger partial charge in [-0.2, -0.15) is 0 Å². The third kappa shape index (κ3) is 2.46. The van der Waals surface area contributed by atoms with Crippen LogP contribution in [0.1, 0.15) is 18.9 Å². The molecule has 0 fully saturated rings. The standard InChI is InChI=1S/C14H14OS/c1-10(15)8-14(16)13-7-6-11-4-2-3-5-12(11)9-13/h2-7,9-10,15H,8H2,1H3/t10-/m0/s1. The van der Waals surface area contributed by atoms with E-state index in [1.165, 1.54) is 10.8 Å². The van der Waals surface area contributed by atoms with Crippen LogP contribution in [0.5, 0.6) is 0 Å². The number of benzene rings is 2. The molecule has 1 atom stereocenters. The van der Waals surface area contributed by atoms with E-state index in [2.05, 4.69) is 24.3 Å². The van der Waals surface area contributed by atoms with Crippen molar-refractivity contribution in [2.75, 3.05) is 0 Å². The summed E-state index contributed by atoms with van der Waals surface area (Å²) in [6, 6.07) is 14.4. The van der Waals surface area contributed by atoms with Gasteiger partial charge in [-0.1, -0.05) is 48.6 Å². The van der Waals surface area contributed by atoms with Gasteiger partial charge >= 0.3 is 0 Å². The van der Waals surface area contributed by atoms with E-state index in [4.69, 9.17) is 12.2 Å². The van der Waals surface area contributed by atoms with E-state index in [9.17, 15) is 5.11 Å². The lowest BCUT2D eigenvalue weighted by Crippen LogP contribution is -2.08. The summed E-state index contributed by atoms with van der Waals surface area (Å²) >= 11 is 5.30. The molecule has 1 N–H and O–H groups in total. The molecule has 2 aromatic rings. The number of hydrogen-bond donors (Lipinski definition) is 1. The average Bonchev–Trinajstić information content (AvgIpc) is 2.27. The zero-order valence-electron chi connectivity index (χ0n) is 9.18. The van der Waals surface area contributed by atoms with E-state index in [0.29, 0.717) is 6.42 Å². The number of rotatable bonds is 3. The molecule has 0 aromatic heterocycles. The second kappa shape index (κ2) is 4.73. The van der Waals surface area contributed by atoms with Crippen molar-refractivity contribution < 1.29 is 5.11 Å². The molecule has 2 rings (SSSR count). The molecule has 0 saturated heterocycles. The third-order valence-corrected chi connectivity index (χ3v) is 2.95. The van der Waals surface area contributed by atoms with Gasteiger partial charge < -0.3 is 5.11 Å². The van der Waals surface area contributed by atoms with Crippen LogP contribution in [-0.4, -0.2) is 16.1 Å². The van der Waals surface area contributed by atoms with E-state index in [1.807, 2.05) is 18.2 Å². The minimum atomic E-state index is -0.376. The van der Waals surface area contributed by atoms with Crippen molar-refractivity contribution in [3.63, 3.8) is 0 Å². The SMILES string of the molecule is C[C@H](O)CC(=S)c1ccc2ccccc2c1. The molecule has 2 aromatic carbocycles. The van der Waals surface area contributed by atoms with Gasteiger partial charge in [0.2, 0.25) is 0 Å². The second-order valence-electron chi connectivity index (χ2n) is 4.04. The van der Waals surface area contributed by atoms with Crippen LogP contribution in [0.4, 0.5) is 0 Å². The Morgan fingerprint density at radius 1 is 1.19 bits per heavy atom. The van der Waals surface area contributed by atoms with E-state index in [-0.39, 0.29) is 6.10 Å². The summed E-state index contributed by atoms with van der Waals surface area (Å²) in [4.78, 5) is 0.820. The van der Waals surface area contributed by atoms with Crippen LogP contribution in [0.25, 0.3) is 10.8 Å². The Labute approximate surface area is 101 Å². The van der Waals surface area contributed by atoms with Gasteiger partial charge in [-0.3, -0.25) is 0 Å². The average molecular weight is 230 g/mol. The first-order valence-electron chi connectivity index (χ1n) is 5.37. The van der Waals surface area contributed by atoms with Crippen LogP contribution in [0.15, 0.2) is 42.5 Å². The summed E-state index contributed by atoms with van der Waals surface area (Å²) in [5.74, 6) is 0. The monoisotopic (exact) mass is 230 g/mol. The largest absolute Gasteiger partial charge is 0.393 e. The fraction of sp³-hybridized carbons (Fsp3) is 0.214. The third-order valence-electron chi connectivity index (χ3n) is 2.55. The molecule has 0 heterocycles. The van der Waals surface area contributed by atoms with Crippen molar-refractivity contribution in [3.8, 4) is 0 Å². The Kier molecular flexibility index (Phi) is 3.32. The summed E-state index contributed by atoms with van der Waals surface area (Å²) in [5, 5.41) is 11.7. The summed E-state index contributed by atoms with van der Waals surface area (Å²) in [7, 11) is 0. The summed E-state index contributed by atoms with van der Waals surface area (Å²) < 4.78 is 0. The first-order valence-corrected chi connectivity index (χ1v) is 5.78. The van der Waals surface area contributed by atoms with Crippen LogP contribution in [0.3, 0.4) is 0 Å². The van der Waals surface area contributed by atoms with Crippen LogP contribution < -0.4 is 0 Å². The van der Waals surface area contributed by atoms with Gasteiger partial charge in [-0.15, -0.1) is 0 Å². The van der Waals surface area contributed by atoms with E-state index in [0.717, 1.165) is 10.4 Å². The van der Waals surface area contributed by atoms with Gasteiger partial charge in [-0.05, 0) is 29.3 Å². The topological polar surface area (TPSA) is 20.2 Å². The van der Waals surface area contributed by atoms with Gasteiger partial charge in [0.15, 0.2) is 0 Å². The molecule has 2 heteroatoms. The predicted octanol–water partition coefficient (Wildman–Crippen LogP) is 3.33. The molecule has 1 nitrogen and oxygen atoms in total. The number of aliphatic hydroxyl groups excluding tert-OH is 1. The summed E-state index contributed by atoms with van der Waals surface area (Å²) in [5.41, 5.74) is 1.04. The molecule has 0 amide bonds. The van der Waals surface area contributed by atoms with Crippen molar-refractivity contribution in [1.82, 2.24) is 0 Å². The highest BCUT2D eigenvalue weighted by atomic mass is 32.1. The maximum Gasteiger partial charge on any atom is 0.0560 e. The molecule has 16 heavy (non-hydrogen) atoms. The maximum atomic E-state index is 9.31. The zero-order chi connectivity index (χ0) is 11.5. The Morgan fingerprint density at radius 2 is 1.88 bits per heavy atom. The number of aliphatic hydroxyl groups is 1. The van der Waals surface area contributed by atoms with Gasteiger partial charge in [-0.25, -0.2) is 0 Å². The molecule has 0 aliphatic carbocycles. The second-order valence-corrected chi connectivity index (χ2v) is 4.53. The minimum absolute atomic E-state index is 0.376. The molecule has 0 bridgehead atoms. The smallest absolute Gasteiger partial charge is 0.0560 e. The van der Waals surface area contributed by atoms with E-state index >= 15 is 0 Å². The Hall–Kier alpha value is -1.25. The molecule has 0 aliphatic heterocycles. The lowest BCUT2D eigenvalue weighted by molar-refractivity contribution is 0.204. The lowest BCUT2D eigenvalue weighted by atomic mass is 10.0. The first kappa shape index (κ1) is 11.2. The summed E-state index contributed by atoms with van der Waals surface area (Å²) in [6.45, 7) is 1.76. The van der Waals surface area contributed by atoms with Gasteiger partial charge in [0.05, 0.1) is 6.10 Å². The molecule has 0 radical (unpaired) electrons. The van der Waals surface area contributed by atoms with Crippen molar-refractivity contribution in [2.24, 2.45) is 0 Å². The molecule has 82 valence electrons. The van der Waals surface area contributed by atoms with Crippen molar-refractivity contribution in [2.45, 2.75) is 19.4 Å². The van der Waals surface area contributed by atoms with Crippen LogP contribution >= 0.6 is 12.2 Å². The molecule has 0 spiro atoms. The number of hydrogen-bond acceptors (Lipinski definition) is 2. The summed E-state index contributed by atoms with van der Waals surface area (Å²) in [6.07, 6.45) is 0.173. The van der Waals surface area contributed by atoms with Crippen LogP contribution in [-0.2, 0) is 0 Å². The van der Waals surface area contributed by atoms with Gasteiger partial charge in [0, 0.05) is 11.3 Å². The first-order chi connectivity index (χ1) is 7.66. The Balaban J connectivity index is 2.35. The van der Waals surface area contributed by atoms with Crippen molar-refractivity contribution in [3.05, 3.63) is 48.0 Å². The fourth-order valence-corrected chi connectivity index (χ4v) is 2.12. The molecule has 0 saturated carbocycles. The maximum absolute atomic E-state index is 9.31. The van der Waals surface area contributed by atoms with Crippen molar-refractivity contribution >= 4 is 27.9 Å². The highest BCUT2D eigenvalue weighted by Crippen LogP contribution is 2.17. The number of fused-ring (bicyclic) bond motifs is 1. The molecule has 0 aliphatic rings. The van der Waals surface area contributed by atoms with E-state index in [1.54, 1.807) is 6.92 Å². The highest BCUT2D eigenvalue weighted by Gasteiger charge is 2.05. The Bertz CT molecular complexity index is 517. The Morgan fingerprint density at radius 3 is 2.56 bits per heavy atom. The van der Waals surface area contributed by atoms with Gasteiger partial charge in [0.1, 0.15) is 0 Å². The highest BCUT2D eigenvalue weighted by molar-refractivity contribution is 7.80. The lowest BCUT2D eigenvalue weighted by Gasteiger charge is -2.07. The van der Waals surface area contributed by atoms with Crippen LogP contribution in [0, 0.1) is 0 Å². The predicted molar refractivity (Wildman–Crippen MR) is 71.9 cm³/mol. The normalized spacial score (nSPS) is 12.6. The van der Waals surface area contributed by atoms with Crippen LogP contribution in [0.2, 0.25) is 0 Å². The molecular weight excluding hydrogens is 216 g/mol. The van der Waals surface area contributed by atoms with Crippen molar-refractivity contribution in [1.29, 1.82) is 0 Å². The molecular formula is C14H14OS. The van der Waals surface area contributed by atoms with Gasteiger partial charge in [0.25, 0.3) is 0 Å². The molecule has 0 unspecified atom stereocenters. The van der Waals surface area contributed by atoms with E-state index < -0.39 is 0 Å². The number of thiocarbonyl (C=S) groups is 1. The minimum Gasteiger partial charge on any atom is -0.393 e. The quantitative estimate of drug-likeness (QED) is 0.644. The fourth-order valence-electron chi connectivity index (χ4n) is 1.75.